The van der Waals surface area contributed by atoms with Gasteiger partial charge in [-0.1, -0.05) is 19.3 Å². The predicted molar refractivity (Wildman–Crippen MR) is 68.9 cm³/mol. The predicted octanol–water partition coefficient (Wildman–Crippen LogP) is 2.47. The first-order valence-electron chi connectivity index (χ1n) is 6.42. The highest BCUT2D eigenvalue weighted by Gasteiger charge is 2.25. The van der Waals surface area contributed by atoms with Gasteiger partial charge in [0.1, 0.15) is 0 Å². The lowest BCUT2D eigenvalue weighted by Crippen LogP contribution is -2.52. The number of carbonyl (C=O) groups excluding carboxylic acids is 1. The van der Waals surface area contributed by atoms with Crippen molar-refractivity contribution >= 4 is 17.8 Å². The van der Waals surface area contributed by atoms with Gasteiger partial charge in [-0.3, -0.25) is 0 Å². The molecule has 2 amide bonds. The Bertz CT molecular complexity index is 241. The Labute approximate surface area is 102 Å². The van der Waals surface area contributed by atoms with Crippen LogP contribution in [0.3, 0.4) is 0 Å². The van der Waals surface area contributed by atoms with Crippen LogP contribution in [0.5, 0.6) is 0 Å². The quantitative estimate of drug-likeness (QED) is 0.766. The fourth-order valence-electron chi connectivity index (χ4n) is 2.53. The van der Waals surface area contributed by atoms with Crippen molar-refractivity contribution in [2.45, 2.75) is 51.1 Å². The fourth-order valence-corrected chi connectivity index (χ4v) is 3.55. The number of hydrogen-bond acceptors (Lipinski definition) is 2. The second kappa shape index (κ2) is 5.80. The summed E-state index contributed by atoms with van der Waals surface area (Å²) in [6.45, 7) is 3.05. The zero-order valence-corrected chi connectivity index (χ0v) is 10.9. The maximum absolute atomic E-state index is 12.1. The summed E-state index contributed by atoms with van der Waals surface area (Å²) in [5.41, 5.74) is 0. The molecular formula is C12H22N2OS. The van der Waals surface area contributed by atoms with Crippen LogP contribution in [0.25, 0.3) is 0 Å². The van der Waals surface area contributed by atoms with Crippen molar-refractivity contribution in [2.75, 3.05) is 18.1 Å². The summed E-state index contributed by atoms with van der Waals surface area (Å²) in [4.78, 5) is 14.1. The Kier molecular flexibility index (Phi) is 4.38. The van der Waals surface area contributed by atoms with Crippen LogP contribution in [0.15, 0.2) is 0 Å². The van der Waals surface area contributed by atoms with Gasteiger partial charge in [-0.15, -0.1) is 0 Å². The number of urea groups is 1. The number of thioether (sulfide) groups is 1. The minimum absolute atomic E-state index is 0.166. The van der Waals surface area contributed by atoms with E-state index in [4.69, 9.17) is 0 Å². The van der Waals surface area contributed by atoms with Crippen molar-refractivity contribution in [1.82, 2.24) is 10.2 Å². The average Bonchev–Trinajstić information content (AvgIpc) is 2.31. The van der Waals surface area contributed by atoms with E-state index in [1.54, 1.807) is 0 Å². The summed E-state index contributed by atoms with van der Waals surface area (Å²) in [5, 5.41) is 3.20. The second-order valence-electron chi connectivity index (χ2n) is 4.90. The smallest absolute Gasteiger partial charge is 0.317 e. The van der Waals surface area contributed by atoms with Gasteiger partial charge in [-0.25, -0.2) is 4.79 Å². The van der Waals surface area contributed by atoms with E-state index in [1.165, 1.54) is 32.1 Å². The molecule has 1 atom stereocenters. The van der Waals surface area contributed by atoms with Crippen LogP contribution in [0.2, 0.25) is 0 Å². The Morgan fingerprint density at radius 2 is 2.06 bits per heavy atom. The molecule has 2 fully saturated rings. The number of nitrogens with zero attached hydrogens (tertiary/aromatic N) is 1. The SMILES string of the molecule is CC1CSCCN1C(=O)NC1CCCCC1. The molecular weight excluding hydrogens is 220 g/mol. The molecule has 0 spiro atoms. The van der Waals surface area contributed by atoms with Crippen molar-refractivity contribution in [2.24, 2.45) is 0 Å². The molecule has 0 aromatic carbocycles. The van der Waals surface area contributed by atoms with Crippen LogP contribution in [-0.4, -0.2) is 41.1 Å². The summed E-state index contributed by atoms with van der Waals surface area (Å²) >= 11 is 1.95. The molecule has 92 valence electrons. The molecule has 16 heavy (non-hydrogen) atoms. The molecule has 2 aliphatic rings. The molecule has 1 N–H and O–H groups in total. The largest absolute Gasteiger partial charge is 0.335 e. The van der Waals surface area contributed by atoms with Crippen molar-refractivity contribution in [3.63, 3.8) is 0 Å². The van der Waals surface area contributed by atoms with Crippen molar-refractivity contribution in [3.8, 4) is 0 Å². The average molecular weight is 242 g/mol. The lowest BCUT2D eigenvalue weighted by Gasteiger charge is -2.35. The highest BCUT2D eigenvalue weighted by molar-refractivity contribution is 7.99. The van der Waals surface area contributed by atoms with Gasteiger partial charge in [-0.2, -0.15) is 11.8 Å². The van der Waals surface area contributed by atoms with E-state index < -0.39 is 0 Å². The monoisotopic (exact) mass is 242 g/mol. The van der Waals surface area contributed by atoms with Crippen LogP contribution in [0.1, 0.15) is 39.0 Å². The number of hydrogen-bond donors (Lipinski definition) is 1. The number of carbonyl (C=O) groups is 1. The number of amides is 2. The Balaban J connectivity index is 1.81. The molecule has 4 heteroatoms. The number of rotatable bonds is 1. The Morgan fingerprint density at radius 3 is 2.75 bits per heavy atom. The summed E-state index contributed by atoms with van der Waals surface area (Å²) in [6.07, 6.45) is 6.22. The van der Waals surface area contributed by atoms with Crippen molar-refractivity contribution in [3.05, 3.63) is 0 Å². The molecule has 1 aliphatic carbocycles. The molecule has 1 saturated carbocycles. The molecule has 3 nitrogen and oxygen atoms in total. The molecule has 1 saturated heterocycles. The van der Waals surface area contributed by atoms with E-state index >= 15 is 0 Å². The highest BCUT2D eigenvalue weighted by atomic mass is 32.2. The van der Waals surface area contributed by atoms with Gasteiger partial charge in [0.2, 0.25) is 0 Å². The molecule has 1 heterocycles. The Morgan fingerprint density at radius 1 is 1.31 bits per heavy atom. The van der Waals surface area contributed by atoms with Gasteiger partial charge >= 0.3 is 6.03 Å². The first-order valence-corrected chi connectivity index (χ1v) is 7.57. The molecule has 0 aromatic heterocycles. The van der Waals surface area contributed by atoms with Crippen LogP contribution >= 0.6 is 11.8 Å². The topological polar surface area (TPSA) is 32.3 Å². The van der Waals surface area contributed by atoms with E-state index in [-0.39, 0.29) is 6.03 Å². The summed E-state index contributed by atoms with van der Waals surface area (Å²) in [5.74, 6) is 2.17. The highest BCUT2D eigenvalue weighted by Crippen LogP contribution is 2.19. The van der Waals surface area contributed by atoms with E-state index in [0.29, 0.717) is 12.1 Å². The van der Waals surface area contributed by atoms with Crippen molar-refractivity contribution in [1.29, 1.82) is 0 Å². The summed E-state index contributed by atoms with van der Waals surface area (Å²) in [7, 11) is 0. The van der Waals surface area contributed by atoms with Crippen LogP contribution in [-0.2, 0) is 0 Å². The fraction of sp³-hybridized carbons (Fsp3) is 0.917. The van der Waals surface area contributed by atoms with E-state index in [1.807, 2.05) is 16.7 Å². The van der Waals surface area contributed by atoms with Crippen LogP contribution < -0.4 is 5.32 Å². The first kappa shape index (κ1) is 12.1. The van der Waals surface area contributed by atoms with Crippen LogP contribution in [0.4, 0.5) is 4.79 Å². The summed E-state index contributed by atoms with van der Waals surface area (Å²) in [6, 6.07) is 0.991. The zero-order chi connectivity index (χ0) is 11.4. The normalized spacial score (nSPS) is 27.8. The van der Waals surface area contributed by atoms with Gasteiger partial charge < -0.3 is 10.2 Å². The molecule has 0 aromatic rings. The minimum atomic E-state index is 0.166. The third-order valence-corrected chi connectivity index (χ3v) is 4.75. The Hall–Kier alpha value is -0.380. The van der Waals surface area contributed by atoms with Gasteiger partial charge in [0.15, 0.2) is 0 Å². The third kappa shape index (κ3) is 3.06. The molecule has 1 unspecified atom stereocenters. The van der Waals surface area contributed by atoms with Gasteiger partial charge in [0.25, 0.3) is 0 Å². The van der Waals surface area contributed by atoms with Gasteiger partial charge in [-0.05, 0) is 19.8 Å². The molecule has 2 rings (SSSR count). The van der Waals surface area contributed by atoms with E-state index in [2.05, 4.69) is 12.2 Å². The number of nitrogens with one attached hydrogen (secondary N) is 1. The zero-order valence-electron chi connectivity index (χ0n) is 10.1. The molecule has 0 bridgehead atoms. The maximum atomic E-state index is 12.1. The lowest BCUT2D eigenvalue weighted by atomic mass is 9.96. The maximum Gasteiger partial charge on any atom is 0.317 e. The van der Waals surface area contributed by atoms with Gasteiger partial charge in [0.05, 0.1) is 0 Å². The second-order valence-corrected chi connectivity index (χ2v) is 6.05. The standard InChI is InChI=1S/C12H22N2OS/c1-10-9-16-8-7-14(10)12(15)13-11-5-3-2-4-6-11/h10-11H,2-9H2,1H3,(H,13,15). The summed E-state index contributed by atoms with van der Waals surface area (Å²) < 4.78 is 0. The van der Waals surface area contributed by atoms with Crippen LogP contribution in [0, 0.1) is 0 Å². The van der Waals surface area contributed by atoms with Gasteiger partial charge in [0, 0.05) is 30.1 Å². The van der Waals surface area contributed by atoms with E-state index in [0.717, 1.165) is 18.1 Å². The lowest BCUT2D eigenvalue weighted by molar-refractivity contribution is 0.179. The van der Waals surface area contributed by atoms with E-state index in [9.17, 15) is 4.79 Å². The molecule has 1 aliphatic heterocycles. The van der Waals surface area contributed by atoms with Crippen molar-refractivity contribution < 1.29 is 4.79 Å². The minimum Gasteiger partial charge on any atom is -0.335 e. The first-order chi connectivity index (χ1) is 7.77. The molecule has 0 radical (unpaired) electrons. The third-order valence-electron chi connectivity index (χ3n) is 3.56.